The molecular weight excluding hydrogens is 326 g/mol. The van der Waals surface area contributed by atoms with Crippen molar-refractivity contribution in [2.45, 2.75) is 89.4 Å². The molecule has 140 valence electrons. The van der Waals surface area contributed by atoms with Crippen LogP contribution in [-0.2, 0) is 14.3 Å². The lowest BCUT2D eigenvalue weighted by atomic mass is 9.84. The topological polar surface area (TPSA) is 61.5 Å². The third kappa shape index (κ3) is 5.60. The Kier molecular flexibility index (Phi) is 7.83. The number of rotatable bonds is 5. The normalized spacial score (nSPS) is 35.5. The number of carbonyl (C=O) groups excluding carboxylic acids is 1. The Balaban J connectivity index is 0.00000208. The number of ether oxygens (including phenoxy) is 2. The summed E-state index contributed by atoms with van der Waals surface area (Å²) in [6, 6.07) is -0.466. The van der Waals surface area contributed by atoms with E-state index in [0.717, 1.165) is 37.7 Å². The van der Waals surface area contributed by atoms with Crippen molar-refractivity contribution in [3.63, 3.8) is 0 Å². The maximum atomic E-state index is 12.1. The van der Waals surface area contributed by atoms with E-state index in [1.165, 1.54) is 44.9 Å². The predicted molar refractivity (Wildman–Crippen MR) is 97.2 cm³/mol. The lowest BCUT2D eigenvalue weighted by molar-refractivity contribution is -0.160. The Hall–Kier alpha value is -0.320. The Morgan fingerprint density at radius 3 is 2.42 bits per heavy atom. The van der Waals surface area contributed by atoms with E-state index in [1.54, 1.807) is 0 Å². The van der Waals surface area contributed by atoms with Gasteiger partial charge in [-0.3, -0.25) is 4.79 Å². The van der Waals surface area contributed by atoms with E-state index in [2.05, 4.69) is 0 Å². The number of carbonyl (C=O) groups is 1. The van der Waals surface area contributed by atoms with Crippen molar-refractivity contribution in [3.8, 4) is 0 Å². The second-order valence-electron chi connectivity index (χ2n) is 8.07. The Labute approximate surface area is 152 Å². The Morgan fingerprint density at radius 2 is 1.75 bits per heavy atom. The maximum Gasteiger partial charge on any atom is 0.323 e. The van der Waals surface area contributed by atoms with Gasteiger partial charge in [0.1, 0.15) is 12.1 Å². The number of hydrogen-bond acceptors (Lipinski definition) is 4. The lowest BCUT2D eigenvalue weighted by Gasteiger charge is -2.32. The molecule has 24 heavy (non-hydrogen) atoms. The molecule has 2 saturated carbocycles. The van der Waals surface area contributed by atoms with Crippen LogP contribution in [0.3, 0.4) is 0 Å². The number of halogens is 1. The third-order valence-corrected chi connectivity index (χ3v) is 5.95. The SMILES string of the molecule is C[C@@H]1OC(=O)[C@@H](N)CCC[C@H](CC2CCCC2)[C@H]1OCC1CC1.Cl. The Bertz CT molecular complexity index is 396. The molecule has 1 aliphatic heterocycles. The van der Waals surface area contributed by atoms with Crippen LogP contribution in [0, 0.1) is 17.8 Å². The van der Waals surface area contributed by atoms with Gasteiger partial charge in [0.25, 0.3) is 0 Å². The van der Waals surface area contributed by atoms with Gasteiger partial charge in [-0.2, -0.15) is 0 Å². The molecule has 0 amide bonds. The molecule has 0 aromatic rings. The average Bonchev–Trinajstić information content (AvgIpc) is 3.20. The molecule has 0 aromatic heterocycles. The largest absolute Gasteiger partial charge is 0.459 e. The van der Waals surface area contributed by atoms with Gasteiger partial charge in [0.15, 0.2) is 0 Å². The van der Waals surface area contributed by atoms with Crippen molar-refractivity contribution >= 4 is 18.4 Å². The van der Waals surface area contributed by atoms with Crippen molar-refractivity contribution in [1.82, 2.24) is 0 Å². The summed E-state index contributed by atoms with van der Waals surface area (Å²) in [6.07, 6.45) is 12.0. The third-order valence-electron chi connectivity index (χ3n) is 5.95. The minimum Gasteiger partial charge on any atom is -0.459 e. The molecule has 4 atom stereocenters. The van der Waals surface area contributed by atoms with Gasteiger partial charge in [0, 0.05) is 6.61 Å². The summed E-state index contributed by atoms with van der Waals surface area (Å²) in [6.45, 7) is 2.83. The van der Waals surface area contributed by atoms with E-state index >= 15 is 0 Å². The highest BCUT2D eigenvalue weighted by molar-refractivity contribution is 5.85. The number of nitrogens with two attached hydrogens (primary N) is 1. The van der Waals surface area contributed by atoms with Crippen LogP contribution in [-0.4, -0.2) is 30.8 Å². The van der Waals surface area contributed by atoms with Gasteiger partial charge in [-0.1, -0.05) is 32.1 Å². The molecule has 3 rings (SSSR count). The van der Waals surface area contributed by atoms with Crippen molar-refractivity contribution in [2.75, 3.05) is 6.61 Å². The van der Waals surface area contributed by atoms with Crippen LogP contribution < -0.4 is 5.73 Å². The maximum absolute atomic E-state index is 12.1. The van der Waals surface area contributed by atoms with E-state index < -0.39 is 6.04 Å². The fraction of sp³-hybridized carbons (Fsp3) is 0.947. The van der Waals surface area contributed by atoms with E-state index in [-0.39, 0.29) is 30.6 Å². The van der Waals surface area contributed by atoms with Crippen LogP contribution in [0.25, 0.3) is 0 Å². The zero-order chi connectivity index (χ0) is 16.2. The van der Waals surface area contributed by atoms with Crippen molar-refractivity contribution in [3.05, 3.63) is 0 Å². The molecular formula is C19H34ClNO3. The zero-order valence-electron chi connectivity index (χ0n) is 15.0. The quantitative estimate of drug-likeness (QED) is 0.757. The van der Waals surface area contributed by atoms with E-state index in [0.29, 0.717) is 5.92 Å². The van der Waals surface area contributed by atoms with Crippen LogP contribution in [0.2, 0.25) is 0 Å². The van der Waals surface area contributed by atoms with Gasteiger partial charge < -0.3 is 15.2 Å². The molecule has 5 heteroatoms. The van der Waals surface area contributed by atoms with Gasteiger partial charge in [0.2, 0.25) is 0 Å². The minimum absolute atomic E-state index is 0. The molecule has 4 nitrogen and oxygen atoms in total. The predicted octanol–water partition coefficient (Wildman–Crippen LogP) is 3.84. The smallest absolute Gasteiger partial charge is 0.323 e. The second-order valence-corrected chi connectivity index (χ2v) is 8.07. The van der Waals surface area contributed by atoms with Gasteiger partial charge in [-0.05, 0) is 56.8 Å². The molecule has 0 bridgehead atoms. The van der Waals surface area contributed by atoms with E-state index in [1.807, 2.05) is 6.92 Å². The first-order valence-corrected chi connectivity index (χ1v) is 9.71. The number of hydrogen-bond donors (Lipinski definition) is 1. The van der Waals surface area contributed by atoms with Gasteiger partial charge in [0.05, 0.1) is 6.10 Å². The molecule has 2 aliphatic carbocycles. The highest BCUT2D eigenvalue weighted by atomic mass is 35.5. The second kappa shape index (κ2) is 9.40. The highest BCUT2D eigenvalue weighted by Crippen LogP contribution is 2.37. The summed E-state index contributed by atoms with van der Waals surface area (Å²) in [5, 5.41) is 0. The first-order valence-electron chi connectivity index (χ1n) is 9.71. The number of cyclic esters (lactones) is 1. The van der Waals surface area contributed by atoms with Gasteiger partial charge >= 0.3 is 5.97 Å². The molecule has 0 aromatic carbocycles. The number of esters is 1. The molecule has 0 spiro atoms. The summed E-state index contributed by atoms with van der Waals surface area (Å²) in [5.41, 5.74) is 5.95. The van der Waals surface area contributed by atoms with Crippen LogP contribution in [0.4, 0.5) is 0 Å². The van der Waals surface area contributed by atoms with Crippen LogP contribution >= 0.6 is 12.4 Å². The van der Waals surface area contributed by atoms with Crippen LogP contribution in [0.15, 0.2) is 0 Å². The van der Waals surface area contributed by atoms with Crippen molar-refractivity contribution in [1.29, 1.82) is 0 Å². The van der Waals surface area contributed by atoms with E-state index in [4.69, 9.17) is 15.2 Å². The fourth-order valence-corrected chi connectivity index (χ4v) is 4.33. The molecule has 0 unspecified atom stereocenters. The summed E-state index contributed by atoms with van der Waals surface area (Å²) >= 11 is 0. The van der Waals surface area contributed by atoms with Gasteiger partial charge in [-0.15, -0.1) is 12.4 Å². The Morgan fingerprint density at radius 1 is 1.04 bits per heavy atom. The summed E-state index contributed by atoms with van der Waals surface area (Å²) < 4.78 is 12.0. The minimum atomic E-state index is -0.466. The molecule has 0 radical (unpaired) electrons. The van der Waals surface area contributed by atoms with Crippen molar-refractivity contribution in [2.24, 2.45) is 23.5 Å². The summed E-state index contributed by atoms with van der Waals surface area (Å²) in [7, 11) is 0. The molecule has 3 fully saturated rings. The first kappa shape index (κ1) is 20.0. The van der Waals surface area contributed by atoms with Gasteiger partial charge in [-0.25, -0.2) is 0 Å². The van der Waals surface area contributed by atoms with E-state index in [9.17, 15) is 4.79 Å². The molecule has 3 aliphatic rings. The highest BCUT2D eigenvalue weighted by Gasteiger charge is 2.36. The molecule has 1 heterocycles. The van der Waals surface area contributed by atoms with Crippen molar-refractivity contribution < 1.29 is 14.3 Å². The van der Waals surface area contributed by atoms with Crippen LogP contribution in [0.1, 0.15) is 71.1 Å². The van der Waals surface area contributed by atoms with Crippen LogP contribution in [0.5, 0.6) is 0 Å². The molecule has 2 N–H and O–H groups in total. The fourth-order valence-electron chi connectivity index (χ4n) is 4.33. The first-order chi connectivity index (χ1) is 11.1. The monoisotopic (exact) mass is 359 g/mol. The average molecular weight is 360 g/mol. The lowest BCUT2D eigenvalue weighted by Crippen LogP contribution is -2.40. The zero-order valence-corrected chi connectivity index (χ0v) is 15.8. The summed E-state index contributed by atoms with van der Waals surface area (Å²) in [5.74, 6) is 1.83. The standard InChI is InChI=1S/C19H33NO3.ClH/c1-13-18(22-12-15-9-10-15)16(11-14-5-2-3-6-14)7-4-8-17(20)19(21)23-13;/h13-18H,2-12,20H2,1H3;1H/t13-,16+,17-,18-;/m0./s1. The molecule has 1 saturated heterocycles. The summed E-state index contributed by atoms with van der Waals surface area (Å²) in [4.78, 5) is 12.1.